The summed E-state index contributed by atoms with van der Waals surface area (Å²) in [5.74, 6) is 2.90. The number of hydrogen-bond acceptors (Lipinski definition) is 5. The molecule has 0 amide bonds. The summed E-state index contributed by atoms with van der Waals surface area (Å²) < 4.78 is 23.5. The van der Waals surface area contributed by atoms with E-state index in [1.807, 2.05) is 49.4 Å². The molecule has 0 fully saturated rings. The van der Waals surface area contributed by atoms with Crippen molar-refractivity contribution in [2.45, 2.75) is 26.5 Å². The molecule has 184 valence electrons. The summed E-state index contributed by atoms with van der Waals surface area (Å²) in [6.45, 7) is 4.49. The first-order valence-corrected chi connectivity index (χ1v) is 11.9. The van der Waals surface area contributed by atoms with Crippen LogP contribution in [0.4, 0.5) is 0 Å². The van der Waals surface area contributed by atoms with Crippen LogP contribution in [-0.2, 0) is 19.6 Å². The first kappa shape index (κ1) is 28.1. The predicted molar refractivity (Wildman–Crippen MR) is 143 cm³/mol. The molecule has 5 nitrogen and oxygen atoms in total. The molecule has 34 heavy (non-hydrogen) atoms. The van der Waals surface area contributed by atoms with Gasteiger partial charge in [-0.05, 0) is 88.9 Å². The lowest BCUT2D eigenvalue weighted by atomic mass is 10.1. The van der Waals surface area contributed by atoms with Crippen LogP contribution in [0.15, 0.2) is 59.1 Å². The molecule has 3 rings (SSSR count). The molecule has 0 aromatic heterocycles. The van der Waals surface area contributed by atoms with Crippen LogP contribution < -0.4 is 24.3 Å². The third kappa shape index (κ3) is 7.98. The van der Waals surface area contributed by atoms with Crippen molar-refractivity contribution in [3.05, 3.63) is 80.8 Å². The zero-order valence-electron chi connectivity index (χ0n) is 19.5. The lowest BCUT2D eigenvalue weighted by Crippen LogP contribution is -2.17. The molecule has 0 spiro atoms. The van der Waals surface area contributed by atoms with Gasteiger partial charge in [-0.1, -0.05) is 29.8 Å². The Labute approximate surface area is 221 Å². The standard InChI is InChI=1S/C26H29BrClNO4.ClH/c1-4-32-25-15-20(13-22(27)26(25)33-17-19-5-8-21(28)9-6-19)16-29-12-11-18-7-10-23(30-2)24(14-18)31-3;/h5-10,13-15,29H,4,11-12,16-17H2,1-3H3;1H. The van der Waals surface area contributed by atoms with Crippen molar-refractivity contribution in [3.63, 3.8) is 0 Å². The lowest BCUT2D eigenvalue weighted by molar-refractivity contribution is 0.267. The Kier molecular flexibility index (Phi) is 11.8. The highest BCUT2D eigenvalue weighted by atomic mass is 79.9. The van der Waals surface area contributed by atoms with E-state index >= 15 is 0 Å². The van der Waals surface area contributed by atoms with Crippen LogP contribution in [0, 0.1) is 0 Å². The Morgan fingerprint density at radius 3 is 2.18 bits per heavy atom. The molecule has 0 saturated heterocycles. The lowest BCUT2D eigenvalue weighted by Gasteiger charge is -2.16. The van der Waals surface area contributed by atoms with E-state index in [1.165, 1.54) is 5.56 Å². The maximum atomic E-state index is 6.07. The summed E-state index contributed by atoms with van der Waals surface area (Å²) in [4.78, 5) is 0. The fourth-order valence-electron chi connectivity index (χ4n) is 3.36. The van der Waals surface area contributed by atoms with Crippen LogP contribution in [0.2, 0.25) is 5.02 Å². The smallest absolute Gasteiger partial charge is 0.175 e. The van der Waals surface area contributed by atoms with Crippen LogP contribution in [0.3, 0.4) is 0 Å². The number of benzene rings is 3. The normalized spacial score (nSPS) is 10.4. The van der Waals surface area contributed by atoms with Crippen molar-refractivity contribution in [2.75, 3.05) is 27.4 Å². The van der Waals surface area contributed by atoms with Gasteiger partial charge in [0.1, 0.15) is 6.61 Å². The molecule has 0 aliphatic carbocycles. The molecule has 0 atom stereocenters. The van der Waals surface area contributed by atoms with Gasteiger partial charge < -0.3 is 24.3 Å². The van der Waals surface area contributed by atoms with Crippen molar-refractivity contribution in [3.8, 4) is 23.0 Å². The van der Waals surface area contributed by atoms with Crippen molar-refractivity contribution in [1.82, 2.24) is 5.32 Å². The van der Waals surface area contributed by atoms with Gasteiger partial charge >= 0.3 is 0 Å². The Bertz CT molecular complexity index is 1050. The molecular weight excluding hydrogens is 541 g/mol. The monoisotopic (exact) mass is 569 g/mol. The Balaban J connectivity index is 0.00000408. The fourth-order valence-corrected chi connectivity index (χ4v) is 4.09. The average Bonchev–Trinajstić information content (AvgIpc) is 2.82. The molecule has 3 aromatic rings. The van der Waals surface area contributed by atoms with Crippen LogP contribution in [-0.4, -0.2) is 27.4 Å². The summed E-state index contributed by atoms with van der Waals surface area (Å²) in [5, 5.41) is 4.20. The van der Waals surface area contributed by atoms with E-state index in [2.05, 4.69) is 33.4 Å². The highest BCUT2D eigenvalue weighted by molar-refractivity contribution is 9.10. The SMILES string of the molecule is CCOc1cc(CNCCc2ccc(OC)c(OC)c2)cc(Br)c1OCc1ccc(Cl)cc1.Cl. The maximum absolute atomic E-state index is 6.07. The Hall–Kier alpha value is -2.12. The highest BCUT2D eigenvalue weighted by Gasteiger charge is 2.13. The summed E-state index contributed by atoms with van der Waals surface area (Å²) in [6, 6.07) is 17.7. The van der Waals surface area contributed by atoms with Crippen molar-refractivity contribution >= 4 is 39.9 Å². The highest BCUT2D eigenvalue weighted by Crippen LogP contribution is 2.37. The minimum Gasteiger partial charge on any atom is -0.493 e. The van der Waals surface area contributed by atoms with Gasteiger partial charge in [0, 0.05) is 11.6 Å². The summed E-state index contributed by atoms with van der Waals surface area (Å²) in [6.07, 6.45) is 0.877. The molecule has 0 saturated carbocycles. The fraction of sp³-hybridized carbons (Fsp3) is 0.308. The third-order valence-electron chi connectivity index (χ3n) is 5.03. The molecule has 0 heterocycles. The molecule has 1 N–H and O–H groups in total. The van der Waals surface area contributed by atoms with Gasteiger partial charge in [-0.25, -0.2) is 0 Å². The molecule has 0 unspecified atom stereocenters. The molecule has 3 aromatic carbocycles. The van der Waals surface area contributed by atoms with E-state index in [0.29, 0.717) is 30.5 Å². The van der Waals surface area contributed by atoms with E-state index in [9.17, 15) is 0 Å². The van der Waals surface area contributed by atoms with Crippen LogP contribution in [0.1, 0.15) is 23.6 Å². The number of rotatable bonds is 12. The van der Waals surface area contributed by atoms with Crippen LogP contribution >= 0.6 is 39.9 Å². The largest absolute Gasteiger partial charge is 0.493 e. The first-order chi connectivity index (χ1) is 16.0. The second-order valence-electron chi connectivity index (χ2n) is 7.37. The van der Waals surface area contributed by atoms with E-state index in [4.69, 9.17) is 30.5 Å². The molecule has 0 radical (unpaired) electrons. The predicted octanol–water partition coefficient (Wildman–Crippen LogP) is 6.85. The number of nitrogens with one attached hydrogen (secondary N) is 1. The topological polar surface area (TPSA) is 49.0 Å². The quantitative estimate of drug-likeness (QED) is 0.241. The average molecular weight is 571 g/mol. The van der Waals surface area contributed by atoms with E-state index in [0.717, 1.165) is 45.8 Å². The van der Waals surface area contributed by atoms with Crippen LogP contribution in [0.25, 0.3) is 0 Å². The zero-order chi connectivity index (χ0) is 23.6. The molecule has 0 aliphatic heterocycles. The van der Waals surface area contributed by atoms with Gasteiger partial charge in [0.05, 0.1) is 25.3 Å². The van der Waals surface area contributed by atoms with E-state index in [1.54, 1.807) is 14.2 Å². The van der Waals surface area contributed by atoms with Gasteiger partial charge in [-0.2, -0.15) is 0 Å². The molecule has 8 heteroatoms. The minimum atomic E-state index is 0. The van der Waals surface area contributed by atoms with Gasteiger partial charge in [0.15, 0.2) is 23.0 Å². The van der Waals surface area contributed by atoms with Gasteiger partial charge in [0.25, 0.3) is 0 Å². The van der Waals surface area contributed by atoms with Gasteiger partial charge in [0.2, 0.25) is 0 Å². The Morgan fingerprint density at radius 2 is 1.50 bits per heavy atom. The van der Waals surface area contributed by atoms with Gasteiger partial charge in [-0.3, -0.25) is 0 Å². The first-order valence-electron chi connectivity index (χ1n) is 10.8. The molecule has 0 aliphatic rings. The number of ether oxygens (including phenoxy) is 4. The summed E-state index contributed by atoms with van der Waals surface area (Å²) in [5.41, 5.74) is 3.33. The number of halogens is 3. The number of methoxy groups -OCH3 is 2. The maximum Gasteiger partial charge on any atom is 0.175 e. The van der Waals surface area contributed by atoms with E-state index < -0.39 is 0 Å². The van der Waals surface area contributed by atoms with Crippen molar-refractivity contribution < 1.29 is 18.9 Å². The van der Waals surface area contributed by atoms with Crippen LogP contribution in [0.5, 0.6) is 23.0 Å². The third-order valence-corrected chi connectivity index (χ3v) is 5.87. The zero-order valence-corrected chi connectivity index (χ0v) is 22.7. The second kappa shape index (κ2) is 14.3. The van der Waals surface area contributed by atoms with Gasteiger partial charge in [-0.15, -0.1) is 12.4 Å². The van der Waals surface area contributed by atoms with E-state index in [-0.39, 0.29) is 12.4 Å². The van der Waals surface area contributed by atoms with Crippen molar-refractivity contribution in [2.24, 2.45) is 0 Å². The Morgan fingerprint density at radius 1 is 0.824 bits per heavy atom. The minimum absolute atomic E-state index is 0. The van der Waals surface area contributed by atoms with Crippen molar-refractivity contribution in [1.29, 1.82) is 0 Å². The molecule has 0 bridgehead atoms. The summed E-state index contributed by atoms with van der Waals surface area (Å²) in [7, 11) is 3.29. The number of hydrogen-bond donors (Lipinski definition) is 1. The summed E-state index contributed by atoms with van der Waals surface area (Å²) >= 11 is 9.61. The second-order valence-corrected chi connectivity index (χ2v) is 8.66. The molecular formula is C26H30BrCl2NO4.